The standard InChI is InChI=1S/C11H13NO5/c1-6(12-7(5-13)11(16)17)10-8(14)3-2-4-9(10)15/h2-4,7,13-15H,5H2,1H3,(H,16,17). The Morgan fingerprint density at radius 1 is 1.35 bits per heavy atom. The minimum Gasteiger partial charge on any atom is -0.507 e. The molecule has 0 aliphatic heterocycles. The first-order valence-corrected chi connectivity index (χ1v) is 4.86. The normalized spacial score (nSPS) is 13.4. The maximum absolute atomic E-state index is 10.7. The van der Waals surface area contributed by atoms with Gasteiger partial charge in [0.1, 0.15) is 11.5 Å². The highest BCUT2D eigenvalue weighted by Crippen LogP contribution is 2.27. The molecule has 0 fully saturated rings. The summed E-state index contributed by atoms with van der Waals surface area (Å²) in [5, 5.41) is 36.6. The van der Waals surface area contributed by atoms with E-state index in [1.807, 2.05) is 0 Å². The summed E-state index contributed by atoms with van der Waals surface area (Å²) in [5.41, 5.74) is 0.203. The quantitative estimate of drug-likeness (QED) is 0.567. The van der Waals surface area contributed by atoms with Gasteiger partial charge in [-0.05, 0) is 19.1 Å². The van der Waals surface area contributed by atoms with Crippen molar-refractivity contribution >= 4 is 11.7 Å². The Morgan fingerprint density at radius 2 is 1.88 bits per heavy atom. The summed E-state index contributed by atoms with van der Waals surface area (Å²) in [6.45, 7) is 0.793. The van der Waals surface area contributed by atoms with Gasteiger partial charge < -0.3 is 20.4 Å². The van der Waals surface area contributed by atoms with E-state index in [4.69, 9.17) is 10.2 Å². The Balaban J connectivity index is 3.15. The van der Waals surface area contributed by atoms with Crippen LogP contribution < -0.4 is 0 Å². The van der Waals surface area contributed by atoms with E-state index in [9.17, 15) is 15.0 Å². The van der Waals surface area contributed by atoms with Crippen LogP contribution in [0.2, 0.25) is 0 Å². The minimum atomic E-state index is -1.31. The molecule has 1 aromatic carbocycles. The number of carboxylic acid groups (broad SMARTS) is 1. The molecule has 0 radical (unpaired) electrons. The average Bonchev–Trinajstić information content (AvgIpc) is 2.25. The van der Waals surface area contributed by atoms with Gasteiger partial charge in [0.05, 0.1) is 12.2 Å². The lowest BCUT2D eigenvalue weighted by atomic mass is 10.1. The van der Waals surface area contributed by atoms with Crippen LogP contribution in [0.4, 0.5) is 0 Å². The van der Waals surface area contributed by atoms with Gasteiger partial charge >= 0.3 is 5.97 Å². The zero-order chi connectivity index (χ0) is 13.0. The zero-order valence-corrected chi connectivity index (χ0v) is 9.16. The number of phenolic OH excluding ortho intramolecular Hbond substituents is 2. The highest BCUT2D eigenvalue weighted by Gasteiger charge is 2.17. The van der Waals surface area contributed by atoms with Crippen molar-refractivity contribution in [1.29, 1.82) is 0 Å². The Labute approximate surface area is 97.5 Å². The molecule has 0 saturated carbocycles. The lowest BCUT2D eigenvalue weighted by Crippen LogP contribution is -2.23. The van der Waals surface area contributed by atoms with Crippen molar-refractivity contribution < 1.29 is 25.2 Å². The van der Waals surface area contributed by atoms with Crippen LogP contribution >= 0.6 is 0 Å². The largest absolute Gasteiger partial charge is 0.507 e. The third-order valence-electron chi connectivity index (χ3n) is 2.19. The van der Waals surface area contributed by atoms with Gasteiger partial charge in [-0.1, -0.05) is 6.07 Å². The Kier molecular flexibility index (Phi) is 4.06. The summed E-state index contributed by atoms with van der Waals surface area (Å²) in [7, 11) is 0. The van der Waals surface area contributed by atoms with Crippen molar-refractivity contribution in [1.82, 2.24) is 0 Å². The van der Waals surface area contributed by atoms with Crippen LogP contribution in [0, 0.1) is 0 Å². The second-order valence-electron chi connectivity index (χ2n) is 3.42. The van der Waals surface area contributed by atoms with Gasteiger partial charge in [0.2, 0.25) is 0 Å². The van der Waals surface area contributed by atoms with Gasteiger partial charge in [-0.3, -0.25) is 4.99 Å². The van der Waals surface area contributed by atoms with E-state index in [-0.39, 0.29) is 22.8 Å². The van der Waals surface area contributed by atoms with Crippen LogP contribution in [-0.2, 0) is 4.79 Å². The number of hydrogen-bond acceptors (Lipinski definition) is 5. The summed E-state index contributed by atoms with van der Waals surface area (Å²) in [4.78, 5) is 14.4. The summed E-state index contributed by atoms with van der Waals surface area (Å²) in [6, 6.07) is 2.84. The predicted molar refractivity (Wildman–Crippen MR) is 60.5 cm³/mol. The number of benzene rings is 1. The smallest absolute Gasteiger partial charge is 0.330 e. The first kappa shape index (κ1) is 13.0. The average molecular weight is 239 g/mol. The molecule has 0 aliphatic rings. The first-order valence-electron chi connectivity index (χ1n) is 4.86. The Morgan fingerprint density at radius 3 is 2.29 bits per heavy atom. The third-order valence-corrected chi connectivity index (χ3v) is 2.19. The van der Waals surface area contributed by atoms with Crippen molar-refractivity contribution in [3.8, 4) is 11.5 Å². The molecule has 1 atom stereocenters. The molecule has 0 heterocycles. The molecular formula is C11H13NO5. The molecule has 1 aromatic rings. The molecule has 0 saturated heterocycles. The molecule has 1 unspecified atom stereocenters. The Bertz CT molecular complexity index is 435. The number of aliphatic hydroxyl groups is 1. The zero-order valence-electron chi connectivity index (χ0n) is 9.16. The molecule has 17 heavy (non-hydrogen) atoms. The molecule has 0 aromatic heterocycles. The van der Waals surface area contributed by atoms with Gasteiger partial charge in [0.25, 0.3) is 0 Å². The Hall–Kier alpha value is -2.08. The van der Waals surface area contributed by atoms with Crippen molar-refractivity contribution in [2.45, 2.75) is 13.0 Å². The number of aliphatic imine (C=N–C) groups is 1. The number of aliphatic hydroxyl groups excluding tert-OH is 1. The van der Waals surface area contributed by atoms with Gasteiger partial charge in [-0.15, -0.1) is 0 Å². The molecule has 0 bridgehead atoms. The SMILES string of the molecule is CC(=NC(CO)C(=O)O)c1c(O)cccc1O. The molecule has 0 amide bonds. The lowest BCUT2D eigenvalue weighted by molar-refractivity contribution is -0.139. The third kappa shape index (κ3) is 2.94. The van der Waals surface area contributed by atoms with E-state index in [0.717, 1.165) is 0 Å². The van der Waals surface area contributed by atoms with Crippen molar-refractivity contribution in [3.63, 3.8) is 0 Å². The van der Waals surface area contributed by atoms with Crippen LogP contribution in [0.15, 0.2) is 23.2 Å². The molecule has 4 N–H and O–H groups in total. The van der Waals surface area contributed by atoms with Crippen LogP contribution in [0.5, 0.6) is 11.5 Å². The van der Waals surface area contributed by atoms with Gasteiger partial charge in [-0.2, -0.15) is 0 Å². The number of aliphatic carboxylic acids is 1. The fourth-order valence-corrected chi connectivity index (χ4v) is 1.37. The van der Waals surface area contributed by atoms with Crippen LogP contribution in [-0.4, -0.2) is 44.8 Å². The van der Waals surface area contributed by atoms with Crippen LogP contribution in [0.25, 0.3) is 0 Å². The second kappa shape index (κ2) is 5.31. The number of rotatable bonds is 4. The highest BCUT2D eigenvalue weighted by molar-refractivity contribution is 6.04. The monoisotopic (exact) mass is 239 g/mol. The topological polar surface area (TPSA) is 110 Å². The van der Waals surface area contributed by atoms with Crippen molar-refractivity contribution in [3.05, 3.63) is 23.8 Å². The highest BCUT2D eigenvalue weighted by atomic mass is 16.4. The maximum atomic E-state index is 10.7. The number of hydrogen-bond donors (Lipinski definition) is 4. The molecule has 0 aliphatic carbocycles. The number of nitrogens with zero attached hydrogens (tertiary/aromatic N) is 1. The maximum Gasteiger partial charge on any atom is 0.330 e. The molecule has 1 rings (SSSR count). The van der Waals surface area contributed by atoms with Crippen LogP contribution in [0.1, 0.15) is 12.5 Å². The number of carbonyl (C=O) groups is 1. The van der Waals surface area contributed by atoms with E-state index < -0.39 is 18.6 Å². The van der Waals surface area contributed by atoms with Gasteiger partial charge in [-0.25, -0.2) is 4.79 Å². The summed E-state index contributed by atoms with van der Waals surface area (Å²) in [6.07, 6.45) is 0. The van der Waals surface area contributed by atoms with E-state index in [1.54, 1.807) is 0 Å². The van der Waals surface area contributed by atoms with Crippen LogP contribution in [0.3, 0.4) is 0 Å². The van der Waals surface area contributed by atoms with E-state index in [0.29, 0.717) is 0 Å². The van der Waals surface area contributed by atoms with Gasteiger partial charge in [0, 0.05) is 5.71 Å². The molecule has 0 spiro atoms. The molecule has 6 nitrogen and oxygen atoms in total. The second-order valence-corrected chi connectivity index (χ2v) is 3.42. The number of phenols is 2. The van der Waals surface area contributed by atoms with Crippen molar-refractivity contribution in [2.24, 2.45) is 4.99 Å². The van der Waals surface area contributed by atoms with Gasteiger partial charge in [0.15, 0.2) is 6.04 Å². The fourth-order valence-electron chi connectivity index (χ4n) is 1.37. The summed E-state index contributed by atoms with van der Waals surface area (Å²) >= 11 is 0. The number of aromatic hydroxyl groups is 2. The van der Waals surface area contributed by atoms with E-state index in [2.05, 4.69) is 4.99 Å². The lowest BCUT2D eigenvalue weighted by Gasteiger charge is -2.09. The fraction of sp³-hybridized carbons (Fsp3) is 0.273. The van der Waals surface area contributed by atoms with E-state index in [1.165, 1.54) is 25.1 Å². The summed E-state index contributed by atoms with van der Waals surface area (Å²) < 4.78 is 0. The molecule has 6 heteroatoms. The summed E-state index contributed by atoms with van der Waals surface area (Å²) in [5.74, 6) is -1.68. The molecule has 92 valence electrons. The number of carboxylic acids is 1. The van der Waals surface area contributed by atoms with E-state index >= 15 is 0 Å². The van der Waals surface area contributed by atoms with Crippen molar-refractivity contribution in [2.75, 3.05) is 6.61 Å². The predicted octanol–water partition coefficient (Wildman–Crippen LogP) is 0.352. The minimum absolute atomic E-state index is 0.0622. The molecular weight excluding hydrogens is 226 g/mol. The first-order chi connectivity index (χ1) is 7.97.